The van der Waals surface area contributed by atoms with Gasteiger partial charge in [0, 0.05) is 62.6 Å². The predicted molar refractivity (Wildman–Crippen MR) is 86.8 cm³/mol. The molecule has 1 atom stereocenters. The molecule has 4 nitrogen and oxygen atoms in total. The van der Waals surface area contributed by atoms with Crippen molar-refractivity contribution in [3.63, 3.8) is 0 Å². The van der Waals surface area contributed by atoms with Crippen molar-refractivity contribution in [2.24, 2.45) is 0 Å². The molecular formula is C17H22N4. The number of benzene rings is 1. The molecule has 0 aliphatic carbocycles. The maximum atomic E-state index is 4.52. The van der Waals surface area contributed by atoms with Gasteiger partial charge in [-0.1, -0.05) is 18.2 Å². The Kier molecular flexibility index (Phi) is 3.28. The van der Waals surface area contributed by atoms with Crippen molar-refractivity contribution < 1.29 is 0 Å². The zero-order valence-corrected chi connectivity index (χ0v) is 12.5. The van der Waals surface area contributed by atoms with Gasteiger partial charge in [0.25, 0.3) is 0 Å². The lowest BCUT2D eigenvalue weighted by Gasteiger charge is -2.47. The summed E-state index contributed by atoms with van der Waals surface area (Å²) in [6, 6.07) is 9.13. The zero-order valence-electron chi connectivity index (χ0n) is 12.5. The van der Waals surface area contributed by atoms with Crippen LogP contribution < -0.4 is 5.32 Å². The van der Waals surface area contributed by atoms with E-state index in [0.717, 1.165) is 12.1 Å². The van der Waals surface area contributed by atoms with E-state index >= 15 is 0 Å². The second kappa shape index (κ2) is 5.28. The highest BCUT2D eigenvalue weighted by molar-refractivity contribution is 5.92. The normalized spacial score (nSPS) is 28.0. The lowest BCUT2D eigenvalue weighted by molar-refractivity contribution is 0.0189. The summed E-state index contributed by atoms with van der Waals surface area (Å²) in [5.74, 6) is 0. The predicted octanol–water partition coefficient (Wildman–Crippen LogP) is 1.95. The molecule has 4 heterocycles. The van der Waals surface area contributed by atoms with Gasteiger partial charge in [0.05, 0.1) is 5.52 Å². The number of anilines is 1. The van der Waals surface area contributed by atoms with Gasteiger partial charge in [-0.2, -0.15) is 0 Å². The molecule has 21 heavy (non-hydrogen) atoms. The molecular weight excluding hydrogens is 260 g/mol. The Morgan fingerprint density at radius 3 is 2.81 bits per heavy atom. The topological polar surface area (TPSA) is 31.4 Å². The lowest BCUT2D eigenvalue weighted by Crippen LogP contribution is -2.62. The van der Waals surface area contributed by atoms with E-state index in [1.165, 1.54) is 49.4 Å². The molecule has 3 aliphatic rings. The molecule has 0 radical (unpaired) electrons. The van der Waals surface area contributed by atoms with Gasteiger partial charge in [-0.15, -0.1) is 0 Å². The van der Waals surface area contributed by atoms with Crippen LogP contribution in [0.5, 0.6) is 0 Å². The Labute approximate surface area is 125 Å². The molecule has 1 aromatic carbocycles. The van der Waals surface area contributed by atoms with Gasteiger partial charge in [0.2, 0.25) is 0 Å². The summed E-state index contributed by atoms with van der Waals surface area (Å²) >= 11 is 0. The summed E-state index contributed by atoms with van der Waals surface area (Å²) in [6.45, 7) is 9.28. The molecule has 3 fully saturated rings. The lowest BCUT2D eigenvalue weighted by atomic mass is 10.1. The molecule has 1 N–H and O–H groups in total. The Morgan fingerprint density at radius 1 is 1.19 bits per heavy atom. The molecule has 0 spiro atoms. The van der Waals surface area contributed by atoms with Crippen LogP contribution in [0.1, 0.15) is 5.56 Å². The van der Waals surface area contributed by atoms with E-state index in [1.54, 1.807) is 0 Å². The second-order valence-corrected chi connectivity index (χ2v) is 6.20. The third kappa shape index (κ3) is 2.39. The van der Waals surface area contributed by atoms with E-state index in [-0.39, 0.29) is 0 Å². The zero-order chi connectivity index (χ0) is 14.2. The Bertz CT molecular complexity index is 646. The average molecular weight is 282 g/mol. The van der Waals surface area contributed by atoms with Crippen molar-refractivity contribution >= 4 is 16.6 Å². The van der Waals surface area contributed by atoms with Gasteiger partial charge < -0.3 is 5.32 Å². The van der Waals surface area contributed by atoms with Crippen LogP contribution in [0.2, 0.25) is 0 Å². The van der Waals surface area contributed by atoms with Crippen LogP contribution >= 0.6 is 0 Å². The van der Waals surface area contributed by atoms with Crippen LogP contribution in [-0.2, 0) is 0 Å². The van der Waals surface area contributed by atoms with E-state index in [9.17, 15) is 0 Å². The number of piperazine rings is 3. The minimum absolute atomic E-state index is 0.639. The number of hydrogen-bond donors (Lipinski definition) is 1. The monoisotopic (exact) mass is 282 g/mol. The van der Waals surface area contributed by atoms with Crippen LogP contribution in [0.3, 0.4) is 0 Å². The number of nitrogens with one attached hydrogen (secondary N) is 1. The van der Waals surface area contributed by atoms with Crippen LogP contribution in [0.15, 0.2) is 30.5 Å². The van der Waals surface area contributed by atoms with Crippen molar-refractivity contribution in [1.82, 2.24) is 14.8 Å². The van der Waals surface area contributed by atoms with Crippen molar-refractivity contribution in [3.05, 3.63) is 36.0 Å². The summed E-state index contributed by atoms with van der Waals surface area (Å²) in [5, 5.41) is 4.89. The second-order valence-electron chi connectivity index (χ2n) is 6.20. The number of aryl methyl sites for hydroxylation is 1. The SMILES string of the molecule is Cc1cccc2c(NCC3CN4CCN3CC4)ccnc12. The van der Waals surface area contributed by atoms with Crippen molar-refractivity contribution in [1.29, 1.82) is 0 Å². The molecule has 0 amide bonds. The van der Waals surface area contributed by atoms with Gasteiger partial charge in [-0.3, -0.25) is 14.8 Å². The van der Waals surface area contributed by atoms with Gasteiger partial charge in [-0.25, -0.2) is 0 Å². The molecule has 2 aromatic rings. The minimum atomic E-state index is 0.639. The molecule has 1 unspecified atom stereocenters. The van der Waals surface area contributed by atoms with E-state index in [0.29, 0.717) is 6.04 Å². The van der Waals surface area contributed by atoms with Crippen LogP contribution in [0.4, 0.5) is 5.69 Å². The third-order valence-corrected chi connectivity index (χ3v) is 4.89. The Hall–Kier alpha value is -1.65. The number of para-hydroxylation sites is 1. The minimum Gasteiger partial charge on any atom is -0.383 e. The first-order chi connectivity index (χ1) is 10.3. The maximum Gasteiger partial charge on any atom is 0.0751 e. The fraction of sp³-hybridized carbons (Fsp3) is 0.471. The third-order valence-electron chi connectivity index (χ3n) is 4.89. The fourth-order valence-corrected chi connectivity index (χ4v) is 3.62. The van der Waals surface area contributed by atoms with Gasteiger partial charge in [-0.05, 0) is 18.6 Å². The molecule has 1 aromatic heterocycles. The van der Waals surface area contributed by atoms with Crippen molar-refractivity contribution in [3.8, 4) is 0 Å². The van der Waals surface area contributed by atoms with E-state index in [4.69, 9.17) is 0 Å². The van der Waals surface area contributed by atoms with Crippen LogP contribution in [0, 0.1) is 6.92 Å². The quantitative estimate of drug-likeness (QED) is 0.932. The molecule has 0 saturated carbocycles. The van der Waals surface area contributed by atoms with Gasteiger partial charge in [0.15, 0.2) is 0 Å². The smallest absolute Gasteiger partial charge is 0.0751 e. The van der Waals surface area contributed by atoms with Crippen molar-refractivity contribution in [2.75, 3.05) is 44.6 Å². The maximum absolute atomic E-state index is 4.52. The largest absolute Gasteiger partial charge is 0.383 e. The number of hydrogen-bond acceptors (Lipinski definition) is 4. The number of fused-ring (bicyclic) bond motifs is 4. The number of nitrogens with zero attached hydrogens (tertiary/aromatic N) is 3. The first-order valence-corrected chi connectivity index (χ1v) is 7.86. The standard InChI is InChI=1S/C17H22N4/c1-13-3-2-4-15-16(5-6-18-17(13)15)19-11-14-12-20-7-9-21(14)10-8-20/h2-6,14H,7-12H2,1H3,(H,18,19). The van der Waals surface area contributed by atoms with Crippen molar-refractivity contribution in [2.45, 2.75) is 13.0 Å². The fourth-order valence-electron chi connectivity index (χ4n) is 3.62. The number of pyridine rings is 1. The number of rotatable bonds is 3. The highest BCUT2D eigenvalue weighted by Crippen LogP contribution is 2.24. The molecule has 4 heteroatoms. The highest BCUT2D eigenvalue weighted by Gasteiger charge is 2.31. The van der Waals surface area contributed by atoms with E-state index in [1.807, 2.05) is 6.20 Å². The molecule has 2 bridgehead atoms. The average Bonchev–Trinajstić information content (AvgIpc) is 2.54. The summed E-state index contributed by atoms with van der Waals surface area (Å²) in [4.78, 5) is 9.73. The first kappa shape index (κ1) is 13.0. The summed E-state index contributed by atoms with van der Waals surface area (Å²) in [7, 11) is 0. The summed E-state index contributed by atoms with van der Waals surface area (Å²) in [5.41, 5.74) is 3.56. The van der Waals surface area contributed by atoms with Gasteiger partial charge >= 0.3 is 0 Å². The summed E-state index contributed by atoms with van der Waals surface area (Å²) in [6.07, 6.45) is 1.91. The van der Waals surface area contributed by atoms with E-state index < -0.39 is 0 Å². The molecule has 5 rings (SSSR count). The number of aromatic nitrogens is 1. The van der Waals surface area contributed by atoms with Gasteiger partial charge in [0.1, 0.15) is 0 Å². The first-order valence-electron chi connectivity index (χ1n) is 7.86. The van der Waals surface area contributed by atoms with Crippen LogP contribution in [0.25, 0.3) is 10.9 Å². The van der Waals surface area contributed by atoms with Crippen LogP contribution in [-0.4, -0.2) is 60.1 Å². The molecule has 110 valence electrons. The summed E-state index contributed by atoms with van der Waals surface area (Å²) < 4.78 is 0. The molecule has 3 saturated heterocycles. The Morgan fingerprint density at radius 2 is 2.05 bits per heavy atom. The molecule has 3 aliphatic heterocycles. The Balaban J connectivity index is 1.54. The van der Waals surface area contributed by atoms with E-state index in [2.05, 4.69) is 51.3 Å². The highest BCUT2D eigenvalue weighted by atomic mass is 15.3.